The minimum absolute atomic E-state index is 0.242. The van der Waals surface area contributed by atoms with Crippen LogP contribution in [0.25, 0.3) is 0 Å². The summed E-state index contributed by atoms with van der Waals surface area (Å²) < 4.78 is 0. The molecule has 1 aliphatic carbocycles. The highest BCUT2D eigenvalue weighted by atomic mass is 32.1. The van der Waals surface area contributed by atoms with Crippen molar-refractivity contribution in [2.24, 2.45) is 0 Å². The van der Waals surface area contributed by atoms with Gasteiger partial charge in [-0.25, -0.2) is 4.79 Å². The van der Waals surface area contributed by atoms with Gasteiger partial charge in [0.05, 0.1) is 0 Å². The quantitative estimate of drug-likeness (QED) is 0.807. The highest BCUT2D eigenvalue weighted by Gasteiger charge is 2.54. The normalized spacial score (nSPS) is 21.0. The fourth-order valence-electron chi connectivity index (χ4n) is 4.00. The highest BCUT2D eigenvalue weighted by Crippen LogP contribution is 2.42. The molecule has 0 saturated carbocycles. The van der Waals surface area contributed by atoms with Crippen LogP contribution in [0.5, 0.6) is 0 Å². The molecule has 1 N–H and O–H groups in total. The molecule has 0 radical (unpaired) electrons. The summed E-state index contributed by atoms with van der Waals surface area (Å²) in [5.74, 6) is -0.573. The molecule has 28 heavy (non-hydrogen) atoms. The van der Waals surface area contributed by atoms with Gasteiger partial charge in [-0.3, -0.25) is 14.5 Å². The number of benzene rings is 1. The van der Waals surface area contributed by atoms with Crippen molar-refractivity contribution in [3.63, 3.8) is 0 Å². The molecular formula is C21H23N3O3S. The maximum Gasteiger partial charge on any atom is 0.325 e. The molecule has 2 aromatic rings. The Kier molecular flexibility index (Phi) is 4.71. The molecule has 2 heterocycles. The topological polar surface area (TPSA) is 69.7 Å². The Hall–Kier alpha value is -2.67. The number of nitrogens with zero attached hydrogens (tertiary/aromatic N) is 2. The first-order valence-corrected chi connectivity index (χ1v) is 10.3. The summed E-state index contributed by atoms with van der Waals surface area (Å²) in [7, 11) is 1.69. The van der Waals surface area contributed by atoms with Gasteiger partial charge in [0, 0.05) is 24.0 Å². The van der Waals surface area contributed by atoms with Crippen molar-refractivity contribution in [3.8, 4) is 0 Å². The van der Waals surface area contributed by atoms with E-state index in [1.807, 2.05) is 42.6 Å². The maximum absolute atomic E-state index is 13.2. The van der Waals surface area contributed by atoms with Gasteiger partial charge in [0.15, 0.2) is 0 Å². The van der Waals surface area contributed by atoms with Crippen molar-refractivity contribution in [3.05, 3.63) is 57.3 Å². The van der Waals surface area contributed by atoms with E-state index in [-0.39, 0.29) is 18.4 Å². The fourth-order valence-corrected chi connectivity index (χ4v) is 5.00. The van der Waals surface area contributed by atoms with Crippen LogP contribution < -0.4 is 5.32 Å². The van der Waals surface area contributed by atoms with Gasteiger partial charge in [-0.15, -0.1) is 11.3 Å². The molecule has 1 aliphatic heterocycles. The Bertz CT molecular complexity index is 937. The maximum atomic E-state index is 13.2. The Balaban J connectivity index is 1.48. The molecular weight excluding hydrogens is 374 g/mol. The second-order valence-electron chi connectivity index (χ2n) is 7.57. The van der Waals surface area contributed by atoms with Gasteiger partial charge in [0.1, 0.15) is 12.1 Å². The zero-order valence-corrected chi connectivity index (χ0v) is 16.8. The van der Waals surface area contributed by atoms with Crippen molar-refractivity contribution >= 4 is 29.2 Å². The van der Waals surface area contributed by atoms with E-state index in [9.17, 15) is 14.4 Å². The summed E-state index contributed by atoms with van der Waals surface area (Å²) in [4.78, 5) is 42.2. The number of urea groups is 1. The number of hydrogen-bond donors (Lipinski definition) is 1. The molecule has 1 atom stereocenters. The number of hydrogen-bond acceptors (Lipinski definition) is 4. The first kappa shape index (κ1) is 18.7. The van der Waals surface area contributed by atoms with Crippen molar-refractivity contribution in [1.82, 2.24) is 15.1 Å². The Morgan fingerprint density at radius 3 is 2.75 bits per heavy atom. The van der Waals surface area contributed by atoms with Gasteiger partial charge in [0.25, 0.3) is 5.91 Å². The van der Waals surface area contributed by atoms with Crippen LogP contribution in [0.3, 0.4) is 0 Å². The number of likely N-dealkylation sites (N-methyl/N-ethyl adjacent to an activating group) is 1. The molecule has 0 unspecified atom stereocenters. The lowest BCUT2D eigenvalue weighted by atomic mass is 9.80. The molecule has 1 spiro atoms. The zero-order valence-electron chi connectivity index (χ0n) is 16.0. The predicted molar refractivity (Wildman–Crippen MR) is 107 cm³/mol. The first-order valence-electron chi connectivity index (χ1n) is 9.41. The molecule has 0 bridgehead atoms. The number of amides is 4. The van der Waals surface area contributed by atoms with Crippen LogP contribution in [0, 0.1) is 6.92 Å². The van der Waals surface area contributed by atoms with Crippen LogP contribution >= 0.6 is 11.3 Å². The van der Waals surface area contributed by atoms with Gasteiger partial charge >= 0.3 is 6.03 Å². The average Bonchev–Trinajstić information content (AvgIpc) is 3.24. The van der Waals surface area contributed by atoms with Crippen LogP contribution in [0.15, 0.2) is 35.7 Å². The third kappa shape index (κ3) is 3.09. The molecule has 7 heteroatoms. The standard InChI is InChI=1S/C21H23N3O3S/c1-14-5-7-15(8-6-14)12-23(2)18(25)13-24-19(26)21(22-20(24)27)10-3-4-17-16(21)9-11-28-17/h5-9,11H,3-4,10,12-13H2,1-2H3,(H,22,27)/t21-/m1/s1. The second kappa shape index (κ2) is 7.05. The lowest BCUT2D eigenvalue weighted by molar-refractivity contribution is -0.139. The number of thiophene rings is 1. The van der Waals surface area contributed by atoms with Crippen LogP contribution in [0.1, 0.15) is 34.4 Å². The van der Waals surface area contributed by atoms with Crippen LogP contribution in [-0.4, -0.2) is 41.2 Å². The molecule has 1 aromatic heterocycles. The van der Waals surface area contributed by atoms with Crippen LogP contribution in [-0.2, 0) is 28.1 Å². The number of imide groups is 1. The average molecular weight is 398 g/mol. The van der Waals surface area contributed by atoms with E-state index < -0.39 is 11.6 Å². The minimum atomic E-state index is -1.000. The third-order valence-corrected chi connectivity index (χ3v) is 6.58. The van der Waals surface area contributed by atoms with Gasteiger partial charge in [-0.2, -0.15) is 0 Å². The van der Waals surface area contributed by atoms with Gasteiger partial charge in [0.2, 0.25) is 5.91 Å². The SMILES string of the molecule is Cc1ccc(CN(C)C(=O)CN2C(=O)N[C@@]3(CCCc4sccc43)C2=O)cc1. The summed E-state index contributed by atoms with van der Waals surface area (Å²) in [6.45, 7) is 2.20. The lowest BCUT2D eigenvalue weighted by Crippen LogP contribution is -2.46. The van der Waals surface area contributed by atoms with E-state index in [4.69, 9.17) is 0 Å². The summed E-state index contributed by atoms with van der Waals surface area (Å²) in [5, 5.41) is 4.84. The largest absolute Gasteiger partial charge is 0.340 e. The van der Waals surface area contributed by atoms with E-state index in [1.165, 1.54) is 0 Å². The zero-order chi connectivity index (χ0) is 19.9. The number of rotatable bonds is 4. The number of fused-ring (bicyclic) bond motifs is 2. The van der Waals surface area contributed by atoms with Gasteiger partial charge < -0.3 is 10.2 Å². The fraction of sp³-hybridized carbons (Fsp3) is 0.381. The third-order valence-electron chi connectivity index (χ3n) is 5.60. The smallest absolute Gasteiger partial charge is 0.325 e. The summed E-state index contributed by atoms with van der Waals surface area (Å²) in [6.07, 6.45) is 2.34. The first-order chi connectivity index (χ1) is 13.4. The Morgan fingerprint density at radius 2 is 2.00 bits per heavy atom. The van der Waals surface area contributed by atoms with Crippen molar-refractivity contribution in [2.45, 2.75) is 38.3 Å². The highest BCUT2D eigenvalue weighted by molar-refractivity contribution is 7.10. The van der Waals surface area contributed by atoms with Crippen LogP contribution in [0.4, 0.5) is 4.79 Å². The monoisotopic (exact) mass is 397 g/mol. The summed E-state index contributed by atoms with van der Waals surface area (Å²) in [5.41, 5.74) is 2.05. The van der Waals surface area contributed by atoms with Crippen molar-refractivity contribution in [1.29, 1.82) is 0 Å². The Labute approximate surface area is 168 Å². The van der Waals surface area contributed by atoms with E-state index in [0.29, 0.717) is 13.0 Å². The molecule has 1 fully saturated rings. The molecule has 4 rings (SSSR count). The van der Waals surface area contributed by atoms with E-state index in [0.717, 1.165) is 39.3 Å². The minimum Gasteiger partial charge on any atom is -0.340 e. The summed E-state index contributed by atoms with van der Waals surface area (Å²) >= 11 is 1.61. The number of aryl methyl sites for hydroxylation is 2. The van der Waals surface area contributed by atoms with E-state index in [2.05, 4.69) is 5.32 Å². The predicted octanol–water partition coefficient (Wildman–Crippen LogP) is 2.80. The molecule has 1 aromatic carbocycles. The second-order valence-corrected chi connectivity index (χ2v) is 8.57. The molecule has 2 aliphatic rings. The number of nitrogens with one attached hydrogen (secondary N) is 1. The molecule has 6 nitrogen and oxygen atoms in total. The molecule has 146 valence electrons. The lowest BCUT2D eigenvalue weighted by Gasteiger charge is -2.31. The van der Waals surface area contributed by atoms with Gasteiger partial charge in [-0.1, -0.05) is 29.8 Å². The van der Waals surface area contributed by atoms with E-state index in [1.54, 1.807) is 23.3 Å². The number of carbonyl (C=O) groups is 3. The Morgan fingerprint density at radius 1 is 1.25 bits per heavy atom. The van der Waals surface area contributed by atoms with Gasteiger partial charge in [-0.05, 0) is 43.2 Å². The van der Waals surface area contributed by atoms with Crippen molar-refractivity contribution in [2.75, 3.05) is 13.6 Å². The van der Waals surface area contributed by atoms with Crippen molar-refractivity contribution < 1.29 is 14.4 Å². The number of carbonyl (C=O) groups excluding carboxylic acids is 3. The molecule has 1 saturated heterocycles. The molecule has 4 amide bonds. The summed E-state index contributed by atoms with van der Waals surface area (Å²) in [6, 6.07) is 9.38. The van der Waals surface area contributed by atoms with Crippen LogP contribution in [0.2, 0.25) is 0 Å². The van der Waals surface area contributed by atoms with E-state index >= 15 is 0 Å².